The number of carbonyl (C=O) groups is 1. The zero-order valence-electron chi connectivity index (χ0n) is 17.8. The van der Waals surface area contributed by atoms with Gasteiger partial charge in [-0.05, 0) is 35.7 Å². The Morgan fingerprint density at radius 2 is 1.74 bits per heavy atom. The molecule has 1 amide bonds. The number of rotatable bonds is 3. The van der Waals surface area contributed by atoms with Gasteiger partial charge in [0.25, 0.3) is 17.9 Å². The Kier molecular flexibility index (Phi) is 5.37. The molecule has 0 saturated carbocycles. The number of amides is 1. The number of benzene rings is 2. The summed E-state index contributed by atoms with van der Waals surface area (Å²) in [6.07, 6.45) is -4.63. The number of aromatic amines is 2. The molecule has 1 aliphatic heterocycles. The lowest BCUT2D eigenvalue weighted by Gasteiger charge is -2.35. The molecular weight excluding hydrogens is 477 g/mol. The van der Waals surface area contributed by atoms with Crippen molar-refractivity contribution < 1.29 is 36.6 Å². The molecule has 182 valence electrons. The smallest absolute Gasteiger partial charge is 0.270 e. The highest BCUT2D eigenvalue weighted by Gasteiger charge is 2.35. The molecule has 2 unspecified atom stereocenters. The molecule has 0 radical (unpaired) electrons. The van der Waals surface area contributed by atoms with Crippen LogP contribution in [0.5, 0.6) is 0 Å². The molecule has 0 saturated heterocycles. The van der Waals surface area contributed by atoms with Crippen LogP contribution in [0.25, 0.3) is 21.7 Å². The van der Waals surface area contributed by atoms with Crippen molar-refractivity contribution in [1.29, 1.82) is 0 Å². The Morgan fingerprint density at radius 3 is 2.43 bits per heavy atom. The minimum Gasteiger partial charge on any atom is -0.363 e. The molecule has 2 aromatic carbocycles. The van der Waals surface area contributed by atoms with Crippen LogP contribution in [-0.4, -0.2) is 39.5 Å². The fourth-order valence-corrected chi connectivity index (χ4v) is 4.35. The van der Waals surface area contributed by atoms with Crippen LogP contribution in [0, 0.1) is 17.5 Å². The van der Waals surface area contributed by atoms with Crippen LogP contribution in [-0.2, 0) is 4.74 Å². The van der Waals surface area contributed by atoms with E-state index < -0.39 is 53.2 Å². The van der Waals surface area contributed by atoms with Gasteiger partial charge in [0.2, 0.25) is 0 Å². The fourth-order valence-electron chi connectivity index (χ4n) is 4.35. The molecule has 1 aliphatic rings. The number of pyridine rings is 1. The van der Waals surface area contributed by atoms with Crippen molar-refractivity contribution in [2.75, 3.05) is 13.7 Å². The molecule has 35 heavy (non-hydrogen) atoms. The minimum atomic E-state index is -3.05. The predicted octanol–water partition coefficient (Wildman–Crippen LogP) is 4.20. The van der Waals surface area contributed by atoms with E-state index in [-0.39, 0.29) is 45.2 Å². The Labute approximate surface area is 192 Å². The Morgan fingerprint density at radius 1 is 1.06 bits per heavy atom. The van der Waals surface area contributed by atoms with Gasteiger partial charge in [-0.1, -0.05) is 0 Å². The number of halogens is 5. The van der Waals surface area contributed by atoms with Gasteiger partial charge in [-0.2, -0.15) is 0 Å². The van der Waals surface area contributed by atoms with Crippen molar-refractivity contribution in [2.45, 2.75) is 18.8 Å². The number of aliphatic hydroxyl groups is 1. The molecule has 0 bridgehead atoms. The number of H-pyrrole nitrogens is 2. The summed E-state index contributed by atoms with van der Waals surface area (Å²) in [6.45, 7) is -0.263. The Bertz CT molecular complexity index is 1560. The highest BCUT2D eigenvalue weighted by Crippen LogP contribution is 2.38. The summed E-state index contributed by atoms with van der Waals surface area (Å²) in [7, 11) is 1.37. The van der Waals surface area contributed by atoms with E-state index in [1.165, 1.54) is 18.0 Å². The third-order valence-electron chi connectivity index (χ3n) is 6.12. The standard InChI is InChI=1S/C23H16F5N3O4/c1-31(22(33)16-3-8-2-12(24)11(20(27)28)6-15(8)29-16)17-7-35-23(34)19-18(17)9-4-13(25)14(26)5-10(9)21(32)30-19/h2-6,17,20,23,29,34H,7H2,1H3,(H,30,32). The van der Waals surface area contributed by atoms with Gasteiger partial charge in [-0.25, -0.2) is 22.0 Å². The van der Waals surface area contributed by atoms with Crippen LogP contribution in [0.3, 0.4) is 0 Å². The Hall–Kier alpha value is -3.77. The molecule has 2 atom stereocenters. The summed E-state index contributed by atoms with van der Waals surface area (Å²) in [5.41, 5.74) is -1.53. The first-order chi connectivity index (χ1) is 16.6. The Balaban J connectivity index is 1.60. The lowest BCUT2D eigenvalue weighted by atomic mass is 9.94. The maximum absolute atomic E-state index is 14.1. The van der Waals surface area contributed by atoms with Crippen molar-refractivity contribution in [3.63, 3.8) is 0 Å². The van der Waals surface area contributed by atoms with Gasteiger partial charge in [0.1, 0.15) is 11.5 Å². The lowest BCUT2D eigenvalue weighted by molar-refractivity contribution is -0.129. The molecule has 5 rings (SSSR count). The number of ether oxygens (including phenoxy) is 1. The zero-order chi connectivity index (χ0) is 25.2. The first-order valence-corrected chi connectivity index (χ1v) is 10.3. The number of aliphatic hydroxyl groups excluding tert-OH is 1. The number of carbonyl (C=O) groups excluding carboxylic acids is 1. The van der Waals surface area contributed by atoms with Crippen molar-refractivity contribution in [1.82, 2.24) is 14.9 Å². The monoisotopic (exact) mass is 493 g/mol. The van der Waals surface area contributed by atoms with Crippen molar-refractivity contribution in [3.05, 3.63) is 80.7 Å². The molecule has 0 spiro atoms. The SMILES string of the molecule is CN(C(=O)c1cc2cc(F)c(C(F)F)cc2[nH]1)C1COC(O)c2[nH]c(=O)c3cc(F)c(F)cc3c21. The summed E-state index contributed by atoms with van der Waals surface area (Å²) in [5, 5.41) is 10.2. The van der Waals surface area contributed by atoms with Gasteiger partial charge in [0.05, 0.1) is 29.3 Å². The maximum Gasteiger partial charge on any atom is 0.270 e. The van der Waals surface area contributed by atoms with Crippen LogP contribution in [0.15, 0.2) is 35.1 Å². The second-order valence-electron chi connectivity index (χ2n) is 8.16. The lowest BCUT2D eigenvalue weighted by Crippen LogP contribution is -2.39. The number of aromatic nitrogens is 2. The highest BCUT2D eigenvalue weighted by molar-refractivity contribution is 5.98. The number of likely N-dealkylation sites (N-methyl/N-ethyl adjacent to an activating group) is 1. The third-order valence-corrected chi connectivity index (χ3v) is 6.12. The maximum atomic E-state index is 14.1. The number of hydrogen-bond donors (Lipinski definition) is 3. The average Bonchev–Trinajstić information content (AvgIpc) is 3.22. The van der Waals surface area contributed by atoms with E-state index in [1.54, 1.807) is 0 Å². The second-order valence-corrected chi connectivity index (χ2v) is 8.16. The van der Waals surface area contributed by atoms with Gasteiger partial charge in [-0.15, -0.1) is 0 Å². The van der Waals surface area contributed by atoms with E-state index in [0.29, 0.717) is 0 Å². The van der Waals surface area contributed by atoms with Crippen LogP contribution in [0.1, 0.15) is 46.1 Å². The van der Waals surface area contributed by atoms with Crippen LogP contribution in [0.2, 0.25) is 0 Å². The molecular formula is C23H16F5N3O4. The van der Waals surface area contributed by atoms with Crippen LogP contribution >= 0.6 is 0 Å². The van der Waals surface area contributed by atoms with E-state index >= 15 is 0 Å². The average molecular weight is 493 g/mol. The molecule has 3 heterocycles. The molecule has 2 aromatic heterocycles. The summed E-state index contributed by atoms with van der Waals surface area (Å²) >= 11 is 0. The van der Waals surface area contributed by atoms with Gasteiger partial charge in [-0.3, -0.25) is 9.59 Å². The summed E-state index contributed by atoms with van der Waals surface area (Å²) in [4.78, 5) is 31.9. The highest BCUT2D eigenvalue weighted by atomic mass is 19.3. The summed E-state index contributed by atoms with van der Waals surface area (Å²) in [5.74, 6) is -4.26. The van der Waals surface area contributed by atoms with Crippen molar-refractivity contribution in [3.8, 4) is 0 Å². The van der Waals surface area contributed by atoms with E-state index in [4.69, 9.17) is 4.74 Å². The van der Waals surface area contributed by atoms with E-state index in [2.05, 4.69) is 9.97 Å². The minimum absolute atomic E-state index is 0.0186. The summed E-state index contributed by atoms with van der Waals surface area (Å²) < 4.78 is 73.2. The van der Waals surface area contributed by atoms with Gasteiger partial charge in [0.15, 0.2) is 17.9 Å². The van der Waals surface area contributed by atoms with Crippen LogP contribution < -0.4 is 5.56 Å². The van der Waals surface area contributed by atoms with E-state index in [0.717, 1.165) is 24.3 Å². The fraction of sp³-hybridized carbons (Fsp3) is 0.217. The predicted molar refractivity (Wildman–Crippen MR) is 113 cm³/mol. The zero-order valence-corrected chi connectivity index (χ0v) is 17.8. The van der Waals surface area contributed by atoms with Gasteiger partial charge < -0.3 is 24.7 Å². The number of nitrogens with one attached hydrogen (secondary N) is 2. The van der Waals surface area contributed by atoms with Crippen molar-refractivity contribution >= 4 is 27.6 Å². The topological polar surface area (TPSA) is 98.4 Å². The molecule has 0 fully saturated rings. The molecule has 7 nitrogen and oxygen atoms in total. The normalized spacial score (nSPS) is 17.8. The van der Waals surface area contributed by atoms with E-state index in [1.807, 2.05) is 0 Å². The number of hydrogen-bond acceptors (Lipinski definition) is 4. The molecule has 12 heteroatoms. The second kappa shape index (κ2) is 8.17. The summed E-state index contributed by atoms with van der Waals surface area (Å²) in [6, 6.07) is 3.64. The largest absolute Gasteiger partial charge is 0.363 e. The van der Waals surface area contributed by atoms with Crippen molar-refractivity contribution in [2.24, 2.45) is 0 Å². The number of nitrogens with zero attached hydrogens (tertiary/aromatic N) is 1. The number of fused-ring (bicyclic) bond motifs is 4. The molecule has 3 N–H and O–H groups in total. The first kappa shape index (κ1) is 23.0. The van der Waals surface area contributed by atoms with E-state index in [9.17, 15) is 36.6 Å². The van der Waals surface area contributed by atoms with Crippen LogP contribution in [0.4, 0.5) is 22.0 Å². The quantitative estimate of drug-likeness (QED) is 0.373. The number of alkyl halides is 2. The van der Waals surface area contributed by atoms with Gasteiger partial charge in [0, 0.05) is 23.5 Å². The van der Waals surface area contributed by atoms with Gasteiger partial charge >= 0.3 is 0 Å². The molecule has 0 aliphatic carbocycles. The molecule has 4 aromatic rings. The first-order valence-electron chi connectivity index (χ1n) is 10.3. The third kappa shape index (κ3) is 3.65.